The summed E-state index contributed by atoms with van der Waals surface area (Å²) in [5, 5.41) is 9.87. The molecule has 0 aliphatic carbocycles. The molecule has 0 aromatic carbocycles. The quantitative estimate of drug-likeness (QED) is 0.0197. The van der Waals surface area contributed by atoms with Crippen molar-refractivity contribution in [3.63, 3.8) is 0 Å². The number of ether oxygens (including phenoxy) is 3. The lowest BCUT2D eigenvalue weighted by Gasteiger charge is -2.21. The number of hydrogen-bond acceptors (Lipinski definition) is 10. The van der Waals surface area contributed by atoms with Gasteiger partial charge in [0.25, 0.3) is 0 Å². The van der Waals surface area contributed by atoms with E-state index < -0.39 is 57.8 Å². The fraction of sp³-hybridized carbons (Fsp3) is 0.809. The van der Waals surface area contributed by atoms with Crippen molar-refractivity contribution in [1.82, 2.24) is 0 Å². The Morgan fingerprint density at radius 2 is 0.650 bits per heavy atom. The third kappa shape index (κ3) is 59.8. The SMILES string of the molecule is CC/C=C\C/C=C\C/C=C\C/C=C\CCCCCCCCC(=O)OC(COC(=O)CCCCCCC/C=C\CCCCCCCC)COP(=O)(O)OCC(CO)OC(=O)CCCCCCCCCCCCCCCCCCCCC. The number of aliphatic hydroxyl groups excluding tert-OH is 1. The number of allylic oxidation sites excluding steroid dienone is 10. The molecule has 0 saturated carbocycles. The van der Waals surface area contributed by atoms with Crippen molar-refractivity contribution in [2.24, 2.45) is 0 Å². The Bertz CT molecular complexity index is 1570. The van der Waals surface area contributed by atoms with Crippen LogP contribution in [0.2, 0.25) is 0 Å². The predicted octanol–water partition coefficient (Wildman–Crippen LogP) is 20.3. The number of aliphatic hydroxyl groups is 1. The molecule has 80 heavy (non-hydrogen) atoms. The third-order valence-electron chi connectivity index (χ3n) is 14.4. The van der Waals surface area contributed by atoms with Gasteiger partial charge in [0.15, 0.2) is 6.10 Å². The summed E-state index contributed by atoms with van der Waals surface area (Å²) in [6, 6.07) is 0. The summed E-state index contributed by atoms with van der Waals surface area (Å²) in [5.74, 6) is -1.47. The molecule has 0 rings (SSSR count). The van der Waals surface area contributed by atoms with Crippen LogP contribution in [0.15, 0.2) is 60.8 Å². The van der Waals surface area contributed by atoms with Crippen LogP contribution in [0, 0.1) is 0 Å². The fourth-order valence-corrected chi connectivity index (χ4v) is 10.2. The molecular formula is C68H123O11P. The van der Waals surface area contributed by atoms with Crippen molar-refractivity contribution in [3.8, 4) is 0 Å². The van der Waals surface area contributed by atoms with Crippen LogP contribution in [0.5, 0.6) is 0 Å². The van der Waals surface area contributed by atoms with Crippen molar-refractivity contribution >= 4 is 25.7 Å². The molecule has 0 spiro atoms. The van der Waals surface area contributed by atoms with Crippen LogP contribution in [0.25, 0.3) is 0 Å². The molecule has 0 aliphatic rings. The maximum atomic E-state index is 13.0. The molecule has 0 radical (unpaired) electrons. The predicted molar refractivity (Wildman–Crippen MR) is 335 cm³/mol. The maximum absolute atomic E-state index is 13.0. The molecule has 0 heterocycles. The second-order valence-electron chi connectivity index (χ2n) is 22.3. The molecular weight excluding hydrogens is 1020 g/mol. The second kappa shape index (κ2) is 62.2. The first-order valence-corrected chi connectivity index (χ1v) is 34.7. The lowest BCUT2D eigenvalue weighted by Crippen LogP contribution is -2.30. The number of esters is 3. The van der Waals surface area contributed by atoms with Crippen LogP contribution in [-0.2, 0) is 42.2 Å². The van der Waals surface area contributed by atoms with Gasteiger partial charge < -0.3 is 24.2 Å². The largest absolute Gasteiger partial charge is 0.472 e. The highest BCUT2D eigenvalue weighted by Gasteiger charge is 2.28. The zero-order valence-electron chi connectivity index (χ0n) is 51.8. The zero-order chi connectivity index (χ0) is 58.3. The molecule has 3 atom stereocenters. The van der Waals surface area contributed by atoms with E-state index in [0.717, 1.165) is 122 Å². The van der Waals surface area contributed by atoms with Gasteiger partial charge in [-0.15, -0.1) is 0 Å². The first kappa shape index (κ1) is 77.2. The summed E-state index contributed by atoms with van der Waals surface area (Å²) in [5.41, 5.74) is 0. The number of rotatable bonds is 62. The third-order valence-corrected chi connectivity index (χ3v) is 15.4. The molecule has 0 aromatic rings. The van der Waals surface area contributed by atoms with Crippen LogP contribution in [0.3, 0.4) is 0 Å². The van der Waals surface area contributed by atoms with Crippen LogP contribution < -0.4 is 0 Å². The molecule has 0 bridgehead atoms. The summed E-state index contributed by atoms with van der Waals surface area (Å²) in [4.78, 5) is 48.8. The smallest absolute Gasteiger partial charge is 0.462 e. The van der Waals surface area contributed by atoms with E-state index in [1.165, 1.54) is 135 Å². The first-order chi connectivity index (χ1) is 39.2. The summed E-state index contributed by atoms with van der Waals surface area (Å²) in [7, 11) is -4.76. The van der Waals surface area contributed by atoms with Crippen LogP contribution >= 0.6 is 7.82 Å². The standard InChI is InChI=1S/C68H123O11P/c1-4-7-10-13-16-19-22-25-28-30-32-34-37-40-43-46-49-52-55-58-67(71)78-64(60-69)62-76-80(73,74)77-63-65(61-75-66(70)57-54-51-48-45-42-39-36-27-24-21-18-15-12-9-6-3)79-68(72)59-56-53-50-47-44-41-38-35-33-31-29-26-23-20-17-14-11-8-5-2/h8,11,17,20,26-27,29,33,35-36,64-65,69H,4-7,9-10,12-16,18-19,21-25,28,30-32,34,37-63H2,1-3H3,(H,73,74)/b11-8-,20-17-,29-26-,35-33-,36-27-. The molecule has 12 heteroatoms. The van der Waals surface area contributed by atoms with Crippen LogP contribution in [-0.4, -0.2) is 66.5 Å². The minimum atomic E-state index is -4.76. The molecule has 0 fully saturated rings. The average molecular weight is 1150 g/mol. The van der Waals surface area contributed by atoms with E-state index >= 15 is 0 Å². The average Bonchev–Trinajstić information content (AvgIpc) is 3.45. The molecule has 0 saturated heterocycles. The number of phosphoric acid groups is 1. The Hall–Kier alpha value is -2.82. The summed E-state index contributed by atoms with van der Waals surface area (Å²) < 4.78 is 39.7. The van der Waals surface area contributed by atoms with Crippen molar-refractivity contribution in [1.29, 1.82) is 0 Å². The van der Waals surface area contributed by atoms with Gasteiger partial charge in [-0.1, -0.05) is 274 Å². The highest BCUT2D eigenvalue weighted by Crippen LogP contribution is 2.43. The Labute approximate surface area is 491 Å². The number of phosphoric ester groups is 1. The molecule has 2 N–H and O–H groups in total. The van der Waals surface area contributed by atoms with Gasteiger partial charge in [-0.05, 0) is 83.5 Å². The highest BCUT2D eigenvalue weighted by atomic mass is 31.2. The van der Waals surface area contributed by atoms with E-state index in [4.69, 9.17) is 23.3 Å². The summed E-state index contributed by atoms with van der Waals surface area (Å²) >= 11 is 0. The van der Waals surface area contributed by atoms with Gasteiger partial charge >= 0.3 is 25.7 Å². The number of carbonyl (C=O) groups excluding carboxylic acids is 3. The highest BCUT2D eigenvalue weighted by molar-refractivity contribution is 7.47. The Morgan fingerprint density at radius 1 is 0.362 bits per heavy atom. The van der Waals surface area contributed by atoms with E-state index in [-0.39, 0.29) is 25.9 Å². The maximum Gasteiger partial charge on any atom is 0.472 e. The van der Waals surface area contributed by atoms with E-state index in [9.17, 15) is 28.9 Å². The summed E-state index contributed by atoms with van der Waals surface area (Å²) in [6.07, 6.45) is 70.3. The molecule has 0 aromatic heterocycles. The normalized spacial score (nSPS) is 13.6. The lowest BCUT2D eigenvalue weighted by molar-refractivity contribution is -0.161. The van der Waals surface area contributed by atoms with Gasteiger partial charge in [-0.2, -0.15) is 0 Å². The van der Waals surface area contributed by atoms with Crippen LogP contribution in [0.4, 0.5) is 0 Å². The Morgan fingerprint density at radius 3 is 1.01 bits per heavy atom. The second-order valence-corrected chi connectivity index (χ2v) is 23.7. The molecule has 3 unspecified atom stereocenters. The zero-order valence-corrected chi connectivity index (χ0v) is 52.7. The van der Waals surface area contributed by atoms with Gasteiger partial charge in [0, 0.05) is 19.3 Å². The van der Waals surface area contributed by atoms with Gasteiger partial charge in [0.2, 0.25) is 0 Å². The Kier molecular flexibility index (Phi) is 60.0. The minimum Gasteiger partial charge on any atom is -0.462 e. The van der Waals surface area contributed by atoms with Gasteiger partial charge in [0.1, 0.15) is 12.7 Å². The number of carbonyl (C=O) groups is 3. The van der Waals surface area contributed by atoms with Crippen molar-refractivity contribution < 1.29 is 52.2 Å². The van der Waals surface area contributed by atoms with Gasteiger partial charge in [-0.25, -0.2) is 4.57 Å². The van der Waals surface area contributed by atoms with Crippen LogP contribution in [0.1, 0.15) is 316 Å². The molecule has 0 aliphatic heterocycles. The number of unbranched alkanes of at least 4 members (excludes halogenated alkanes) is 35. The topological polar surface area (TPSA) is 155 Å². The van der Waals surface area contributed by atoms with E-state index in [1.807, 2.05) is 0 Å². The minimum absolute atomic E-state index is 0.150. The van der Waals surface area contributed by atoms with E-state index in [0.29, 0.717) is 19.3 Å². The fourth-order valence-electron chi connectivity index (χ4n) is 9.40. The van der Waals surface area contributed by atoms with E-state index in [1.54, 1.807) is 0 Å². The van der Waals surface area contributed by atoms with E-state index in [2.05, 4.69) is 81.5 Å². The van der Waals surface area contributed by atoms with Gasteiger partial charge in [-0.3, -0.25) is 23.4 Å². The van der Waals surface area contributed by atoms with Crippen molar-refractivity contribution in [2.75, 3.05) is 26.4 Å². The Balaban J connectivity index is 4.67. The molecule has 0 amide bonds. The lowest BCUT2D eigenvalue weighted by atomic mass is 10.0. The van der Waals surface area contributed by atoms with Crippen molar-refractivity contribution in [2.45, 2.75) is 328 Å². The molecule has 11 nitrogen and oxygen atoms in total. The summed E-state index contributed by atoms with van der Waals surface area (Å²) in [6.45, 7) is 4.57. The molecule has 466 valence electrons. The van der Waals surface area contributed by atoms with Crippen molar-refractivity contribution in [3.05, 3.63) is 60.8 Å². The monoisotopic (exact) mass is 1150 g/mol. The van der Waals surface area contributed by atoms with Gasteiger partial charge in [0.05, 0.1) is 19.8 Å². The number of hydrogen-bond donors (Lipinski definition) is 2. The first-order valence-electron chi connectivity index (χ1n) is 33.2.